The minimum Gasteiger partial charge on any atom is -0.383 e. The third-order valence-electron chi connectivity index (χ3n) is 2.44. The molecule has 0 aliphatic rings. The van der Waals surface area contributed by atoms with Crippen LogP contribution in [0.25, 0.3) is 0 Å². The molecule has 3 atom stereocenters. The van der Waals surface area contributed by atoms with Crippen LogP contribution in [0, 0.1) is 5.92 Å². The van der Waals surface area contributed by atoms with Crippen molar-refractivity contribution in [2.75, 3.05) is 13.7 Å². The third-order valence-corrected chi connectivity index (χ3v) is 2.44. The van der Waals surface area contributed by atoms with E-state index in [1.807, 2.05) is 0 Å². The first-order valence-electron chi connectivity index (χ1n) is 5.35. The predicted octanol–water partition coefficient (Wildman–Crippen LogP) is 2.44. The maximum absolute atomic E-state index is 5.07. The smallest absolute Gasteiger partial charge is 0.0613 e. The van der Waals surface area contributed by atoms with Crippen LogP contribution in [-0.4, -0.2) is 25.8 Å². The van der Waals surface area contributed by atoms with Crippen LogP contribution in [0.15, 0.2) is 0 Å². The molecule has 1 N–H and O–H groups in total. The summed E-state index contributed by atoms with van der Waals surface area (Å²) >= 11 is 0. The van der Waals surface area contributed by atoms with Gasteiger partial charge in [-0.1, -0.05) is 20.3 Å². The van der Waals surface area contributed by atoms with Gasteiger partial charge < -0.3 is 10.1 Å². The van der Waals surface area contributed by atoms with Gasteiger partial charge in [-0.15, -0.1) is 0 Å². The zero-order valence-electron chi connectivity index (χ0n) is 9.76. The maximum atomic E-state index is 5.07. The molecule has 0 fully saturated rings. The van der Waals surface area contributed by atoms with Crippen molar-refractivity contribution in [2.45, 2.75) is 52.6 Å². The van der Waals surface area contributed by atoms with Crippen molar-refractivity contribution >= 4 is 0 Å². The Hall–Kier alpha value is -0.0800. The first-order valence-corrected chi connectivity index (χ1v) is 5.35. The lowest BCUT2D eigenvalue weighted by Crippen LogP contribution is -2.38. The molecular formula is C11H25NO. The molecule has 0 heterocycles. The molecule has 0 saturated carbocycles. The number of rotatable bonds is 7. The molecule has 0 bridgehead atoms. The Kier molecular flexibility index (Phi) is 7.29. The largest absolute Gasteiger partial charge is 0.383 e. The normalized spacial score (nSPS) is 18.2. The highest BCUT2D eigenvalue weighted by atomic mass is 16.5. The first kappa shape index (κ1) is 12.9. The Balaban J connectivity index is 3.54. The van der Waals surface area contributed by atoms with Gasteiger partial charge >= 0.3 is 0 Å². The Labute approximate surface area is 83.1 Å². The molecule has 0 amide bonds. The van der Waals surface area contributed by atoms with Crippen LogP contribution in [0.5, 0.6) is 0 Å². The van der Waals surface area contributed by atoms with Gasteiger partial charge in [-0.3, -0.25) is 0 Å². The Morgan fingerprint density at radius 3 is 2.23 bits per heavy atom. The fourth-order valence-corrected chi connectivity index (χ4v) is 1.62. The standard InChI is InChI=1S/C11H25NO/c1-6-9(2)7-10(3)12-11(4)8-13-5/h9-12H,6-8H2,1-5H3. The third kappa shape index (κ3) is 7.03. The van der Waals surface area contributed by atoms with E-state index >= 15 is 0 Å². The topological polar surface area (TPSA) is 21.3 Å². The Bertz CT molecular complexity index is 117. The molecule has 0 aliphatic carbocycles. The molecule has 2 heteroatoms. The fraction of sp³-hybridized carbons (Fsp3) is 1.00. The van der Waals surface area contributed by atoms with E-state index in [1.165, 1.54) is 12.8 Å². The van der Waals surface area contributed by atoms with Crippen molar-refractivity contribution in [1.29, 1.82) is 0 Å². The molecule has 13 heavy (non-hydrogen) atoms. The van der Waals surface area contributed by atoms with Crippen molar-refractivity contribution in [3.05, 3.63) is 0 Å². The van der Waals surface area contributed by atoms with Gasteiger partial charge in [-0.2, -0.15) is 0 Å². The number of ether oxygens (including phenoxy) is 1. The van der Waals surface area contributed by atoms with Gasteiger partial charge in [0.05, 0.1) is 6.61 Å². The molecule has 80 valence electrons. The maximum Gasteiger partial charge on any atom is 0.0613 e. The minimum absolute atomic E-state index is 0.462. The van der Waals surface area contributed by atoms with Gasteiger partial charge in [0.25, 0.3) is 0 Å². The molecule has 3 unspecified atom stereocenters. The van der Waals surface area contributed by atoms with Gasteiger partial charge in [-0.25, -0.2) is 0 Å². The van der Waals surface area contributed by atoms with Crippen LogP contribution < -0.4 is 5.32 Å². The SMILES string of the molecule is CCC(C)CC(C)NC(C)COC. The van der Waals surface area contributed by atoms with Crippen LogP contribution in [0.1, 0.15) is 40.5 Å². The van der Waals surface area contributed by atoms with Crippen LogP contribution in [-0.2, 0) is 4.74 Å². The summed E-state index contributed by atoms with van der Waals surface area (Å²) in [6, 6.07) is 1.06. The zero-order chi connectivity index (χ0) is 10.3. The van der Waals surface area contributed by atoms with E-state index in [0.29, 0.717) is 12.1 Å². The summed E-state index contributed by atoms with van der Waals surface area (Å²) in [5.74, 6) is 0.817. The zero-order valence-corrected chi connectivity index (χ0v) is 9.76. The van der Waals surface area contributed by atoms with Gasteiger partial charge in [0.1, 0.15) is 0 Å². The number of methoxy groups -OCH3 is 1. The summed E-state index contributed by atoms with van der Waals surface area (Å²) in [5.41, 5.74) is 0. The van der Waals surface area contributed by atoms with Gasteiger partial charge in [-0.05, 0) is 26.2 Å². The van der Waals surface area contributed by atoms with Crippen molar-refractivity contribution < 1.29 is 4.74 Å². The molecule has 0 aliphatic heterocycles. The Morgan fingerprint density at radius 1 is 1.15 bits per heavy atom. The molecular weight excluding hydrogens is 162 g/mol. The lowest BCUT2D eigenvalue weighted by atomic mass is 10.00. The molecule has 2 nitrogen and oxygen atoms in total. The summed E-state index contributed by atoms with van der Waals surface area (Å²) in [5, 5.41) is 3.52. The van der Waals surface area contributed by atoms with Crippen LogP contribution in [0.4, 0.5) is 0 Å². The monoisotopic (exact) mass is 187 g/mol. The second-order valence-electron chi connectivity index (χ2n) is 4.17. The summed E-state index contributed by atoms with van der Waals surface area (Å²) in [7, 11) is 1.75. The molecule has 0 saturated heterocycles. The molecule has 0 radical (unpaired) electrons. The van der Waals surface area contributed by atoms with Crippen molar-refractivity contribution in [3.63, 3.8) is 0 Å². The van der Waals surface area contributed by atoms with E-state index in [-0.39, 0.29) is 0 Å². The van der Waals surface area contributed by atoms with Crippen molar-refractivity contribution in [1.82, 2.24) is 5.32 Å². The van der Waals surface area contributed by atoms with Crippen molar-refractivity contribution in [2.24, 2.45) is 5.92 Å². The van der Waals surface area contributed by atoms with Gasteiger partial charge in [0.15, 0.2) is 0 Å². The lowest BCUT2D eigenvalue weighted by molar-refractivity contribution is 0.165. The molecule has 0 aromatic carbocycles. The highest BCUT2D eigenvalue weighted by Crippen LogP contribution is 2.09. The highest BCUT2D eigenvalue weighted by molar-refractivity contribution is 4.69. The van der Waals surface area contributed by atoms with E-state index in [1.54, 1.807) is 7.11 Å². The van der Waals surface area contributed by atoms with Crippen molar-refractivity contribution in [3.8, 4) is 0 Å². The van der Waals surface area contributed by atoms with Gasteiger partial charge in [0, 0.05) is 19.2 Å². The lowest BCUT2D eigenvalue weighted by Gasteiger charge is -2.21. The average molecular weight is 187 g/mol. The molecule has 0 rings (SSSR count). The summed E-state index contributed by atoms with van der Waals surface area (Å²) < 4.78 is 5.07. The minimum atomic E-state index is 0.462. The van der Waals surface area contributed by atoms with E-state index in [2.05, 4.69) is 33.0 Å². The second-order valence-corrected chi connectivity index (χ2v) is 4.17. The summed E-state index contributed by atoms with van der Waals surface area (Å²) in [4.78, 5) is 0. The highest BCUT2D eigenvalue weighted by Gasteiger charge is 2.09. The summed E-state index contributed by atoms with van der Waals surface area (Å²) in [6.45, 7) is 9.76. The quantitative estimate of drug-likeness (QED) is 0.661. The second kappa shape index (κ2) is 7.34. The number of hydrogen-bond acceptors (Lipinski definition) is 2. The molecule has 0 spiro atoms. The fourth-order valence-electron chi connectivity index (χ4n) is 1.62. The van der Waals surface area contributed by atoms with Crippen LogP contribution in [0.2, 0.25) is 0 Å². The molecule has 0 aromatic heterocycles. The first-order chi connectivity index (χ1) is 6.10. The van der Waals surface area contributed by atoms with Crippen LogP contribution in [0.3, 0.4) is 0 Å². The predicted molar refractivity (Wildman–Crippen MR) is 58.0 cm³/mol. The number of hydrogen-bond donors (Lipinski definition) is 1. The van der Waals surface area contributed by atoms with E-state index in [9.17, 15) is 0 Å². The molecule has 0 aromatic rings. The van der Waals surface area contributed by atoms with Crippen LogP contribution >= 0.6 is 0 Å². The number of nitrogens with one attached hydrogen (secondary N) is 1. The van der Waals surface area contributed by atoms with E-state index in [0.717, 1.165) is 12.5 Å². The van der Waals surface area contributed by atoms with E-state index in [4.69, 9.17) is 4.74 Å². The Morgan fingerprint density at radius 2 is 1.77 bits per heavy atom. The van der Waals surface area contributed by atoms with E-state index < -0.39 is 0 Å². The average Bonchev–Trinajstić information content (AvgIpc) is 2.04. The summed E-state index contributed by atoms with van der Waals surface area (Å²) in [6.07, 6.45) is 2.52. The van der Waals surface area contributed by atoms with Gasteiger partial charge in [0.2, 0.25) is 0 Å².